The van der Waals surface area contributed by atoms with Crippen LogP contribution in [-0.2, 0) is 27.4 Å². The van der Waals surface area contributed by atoms with Crippen LogP contribution in [0.15, 0.2) is 62.6 Å². The van der Waals surface area contributed by atoms with Gasteiger partial charge in [0.05, 0.1) is 26.3 Å². The van der Waals surface area contributed by atoms with Crippen LogP contribution in [0.25, 0.3) is 0 Å². The first-order valence-corrected chi connectivity index (χ1v) is 15.8. The number of rotatable bonds is 14. The number of methoxy groups -OCH3 is 2. The maximum Gasteiger partial charge on any atom is 0.471 e. The Balaban J connectivity index is 0.000000281. The summed E-state index contributed by atoms with van der Waals surface area (Å²) in [5, 5.41) is 23.2. The predicted molar refractivity (Wildman–Crippen MR) is 182 cm³/mol. The zero-order chi connectivity index (χ0) is 37.6. The number of carbonyl (C=O) groups excluding carboxylic acids is 2. The number of aryl methyl sites for hydroxylation is 2. The number of amides is 2. The minimum absolute atomic E-state index is 0.121. The molecule has 0 radical (unpaired) electrons. The SMILES string of the molecule is COCCN(C(=O)C(F)(F)F)c1cc(C(=O)NCc2cc(Cl)ccc2C)on1.COCCNc1cc(C(=NCc2cc(Cl)ccc2C)NO)on1. The van der Waals surface area contributed by atoms with E-state index in [4.69, 9.17) is 41.7 Å². The molecule has 0 bridgehead atoms. The zero-order valence-corrected chi connectivity index (χ0v) is 29.4. The summed E-state index contributed by atoms with van der Waals surface area (Å²) in [5.74, 6) is -2.57. The van der Waals surface area contributed by atoms with Crippen LogP contribution in [-0.4, -0.2) is 79.9 Å². The Morgan fingerprint density at radius 2 is 1.55 bits per heavy atom. The Kier molecular flexibility index (Phi) is 15.7. The van der Waals surface area contributed by atoms with Crippen LogP contribution in [0.2, 0.25) is 10.0 Å². The van der Waals surface area contributed by atoms with Crippen molar-refractivity contribution < 1.29 is 46.5 Å². The molecule has 2 heterocycles. The molecule has 0 aliphatic heterocycles. The first-order valence-electron chi connectivity index (χ1n) is 15.0. The van der Waals surface area contributed by atoms with Gasteiger partial charge in [-0.15, -0.1) is 0 Å². The number of benzene rings is 2. The number of amidine groups is 1. The molecule has 0 aliphatic rings. The van der Waals surface area contributed by atoms with Gasteiger partial charge in [0.1, 0.15) is 0 Å². The van der Waals surface area contributed by atoms with E-state index in [1.54, 1.807) is 31.4 Å². The molecule has 0 aliphatic carbocycles. The van der Waals surface area contributed by atoms with Crippen molar-refractivity contribution in [1.29, 1.82) is 0 Å². The molecule has 4 N–H and O–H groups in total. The second-order valence-electron chi connectivity index (χ2n) is 10.6. The monoisotopic (exact) mass is 757 g/mol. The number of ether oxygens (including phenoxy) is 2. The Labute approximate surface area is 300 Å². The van der Waals surface area contributed by atoms with Crippen molar-refractivity contribution in [1.82, 2.24) is 21.1 Å². The van der Waals surface area contributed by atoms with Crippen molar-refractivity contribution in [3.63, 3.8) is 0 Å². The van der Waals surface area contributed by atoms with E-state index in [9.17, 15) is 28.0 Å². The molecule has 2 aromatic heterocycles. The van der Waals surface area contributed by atoms with Gasteiger partial charge in [-0.1, -0.05) is 45.6 Å². The van der Waals surface area contributed by atoms with E-state index >= 15 is 0 Å². The van der Waals surface area contributed by atoms with Gasteiger partial charge < -0.3 is 29.2 Å². The number of anilines is 2. The number of alkyl halides is 3. The Hall–Kier alpha value is -4.68. The Bertz CT molecular complexity index is 1780. The summed E-state index contributed by atoms with van der Waals surface area (Å²) < 4.78 is 57.9. The van der Waals surface area contributed by atoms with E-state index in [-0.39, 0.29) is 24.7 Å². The molecule has 19 heteroatoms. The van der Waals surface area contributed by atoms with E-state index in [1.807, 2.05) is 37.5 Å². The number of nitrogens with one attached hydrogen (secondary N) is 3. The Morgan fingerprint density at radius 3 is 2.18 bits per heavy atom. The van der Waals surface area contributed by atoms with Gasteiger partial charge >= 0.3 is 12.1 Å². The number of hydroxylamine groups is 1. The van der Waals surface area contributed by atoms with E-state index < -0.39 is 30.4 Å². The summed E-state index contributed by atoms with van der Waals surface area (Å²) in [6.45, 7) is 4.85. The molecule has 0 saturated heterocycles. The maximum atomic E-state index is 12.8. The molecule has 51 heavy (non-hydrogen) atoms. The average molecular weight is 759 g/mol. The third-order valence-electron chi connectivity index (χ3n) is 6.94. The third-order valence-corrected chi connectivity index (χ3v) is 7.41. The first-order chi connectivity index (χ1) is 24.3. The number of nitrogens with zero attached hydrogens (tertiary/aromatic N) is 4. The van der Waals surface area contributed by atoms with Crippen molar-refractivity contribution in [2.75, 3.05) is 50.7 Å². The van der Waals surface area contributed by atoms with Crippen LogP contribution in [0.1, 0.15) is 38.6 Å². The highest BCUT2D eigenvalue weighted by atomic mass is 35.5. The summed E-state index contributed by atoms with van der Waals surface area (Å²) in [5.41, 5.74) is 5.71. The Morgan fingerprint density at radius 1 is 0.922 bits per heavy atom. The number of hydrogen-bond donors (Lipinski definition) is 4. The molecule has 0 saturated carbocycles. The highest BCUT2D eigenvalue weighted by Gasteiger charge is 2.44. The minimum atomic E-state index is -5.11. The van der Waals surface area contributed by atoms with E-state index in [1.165, 1.54) is 7.11 Å². The smallest absolute Gasteiger partial charge is 0.383 e. The largest absolute Gasteiger partial charge is 0.471 e. The molecule has 0 fully saturated rings. The number of aliphatic imine (C=N–C) groups is 1. The van der Waals surface area contributed by atoms with Gasteiger partial charge in [-0.2, -0.15) is 13.2 Å². The van der Waals surface area contributed by atoms with Crippen LogP contribution < -0.4 is 21.0 Å². The number of carbonyl (C=O) groups is 2. The van der Waals surface area contributed by atoms with Gasteiger partial charge in [0.2, 0.25) is 11.5 Å². The molecule has 0 atom stereocenters. The fraction of sp³-hybridized carbons (Fsp3) is 0.344. The normalized spacial score (nSPS) is 11.5. The van der Waals surface area contributed by atoms with E-state index in [0.717, 1.165) is 28.3 Å². The first kappa shape index (κ1) is 40.7. The molecular weight excluding hydrogens is 722 g/mol. The maximum absolute atomic E-state index is 12.8. The van der Waals surface area contributed by atoms with Gasteiger partial charge in [-0.3, -0.25) is 24.7 Å². The molecule has 4 rings (SSSR count). The fourth-order valence-electron chi connectivity index (χ4n) is 4.14. The highest BCUT2D eigenvalue weighted by Crippen LogP contribution is 2.24. The van der Waals surface area contributed by atoms with Crippen molar-refractivity contribution in [3.05, 3.63) is 92.4 Å². The minimum Gasteiger partial charge on any atom is -0.383 e. The van der Waals surface area contributed by atoms with Crippen LogP contribution in [0.4, 0.5) is 24.8 Å². The fourth-order valence-corrected chi connectivity index (χ4v) is 4.53. The topological polar surface area (TPSA) is 177 Å². The zero-order valence-electron chi connectivity index (χ0n) is 27.9. The number of hydrogen-bond acceptors (Lipinski definition) is 11. The van der Waals surface area contributed by atoms with Gasteiger partial charge in [-0.25, -0.2) is 5.48 Å². The van der Waals surface area contributed by atoms with Crippen LogP contribution in [0.5, 0.6) is 0 Å². The van der Waals surface area contributed by atoms with Gasteiger partial charge in [0.15, 0.2) is 17.5 Å². The molecule has 4 aromatic rings. The van der Waals surface area contributed by atoms with Crippen molar-refractivity contribution in [3.8, 4) is 0 Å². The lowest BCUT2D eigenvalue weighted by Crippen LogP contribution is -2.43. The summed E-state index contributed by atoms with van der Waals surface area (Å²) in [6, 6.07) is 13.4. The van der Waals surface area contributed by atoms with Crippen LogP contribution in [0.3, 0.4) is 0 Å². The van der Waals surface area contributed by atoms with Crippen LogP contribution in [0, 0.1) is 13.8 Å². The van der Waals surface area contributed by atoms with Gasteiger partial charge in [-0.05, 0) is 60.4 Å². The van der Waals surface area contributed by atoms with Crippen LogP contribution >= 0.6 is 23.2 Å². The molecule has 0 spiro atoms. The molecule has 14 nitrogen and oxygen atoms in total. The molecule has 2 amide bonds. The number of aromatic nitrogens is 2. The quantitative estimate of drug-likeness (QED) is 0.0535. The second-order valence-corrected chi connectivity index (χ2v) is 11.5. The average Bonchev–Trinajstić information content (AvgIpc) is 3.78. The van der Waals surface area contributed by atoms with E-state index in [0.29, 0.717) is 46.2 Å². The lowest BCUT2D eigenvalue weighted by Gasteiger charge is -2.20. The summed E-state index contributed by atoms with van der Waals surface area (Å²) in [4.78, 5) is 28.4. The highest BCUT2D eigenvalue weighted by molar-refractivity contribution is 6.31. The summed E-state index contributed by atoms with van der Waals surface area (Å²) >= 11 is 11.9. The van der Waals surface area contributed by atoms with Crippen molar-refractivity contribution >= 4 is 52.5 Å². The molecule has 276 valence electrons. The number of halogens is 5. The standard InChI is InChI=1S/C17H17ClF3N3O4.C15H19ClN4O3/c1-10-3-4-12(18)7-11(10)9-22-15(25)13-8-14(23-28-13)24(5-6-27-2)16(26)17(19,20)21;1-10-3-4-12(16)7-11(10)9-18-15(19-21)13-8-14(20-23-13)17-5-6-22-2/h3-4,7-8H,5-6,9H2,1-2H3,(H,22,25);3-4,7-8,21H,5-6,9H2,1-2H3,(H,17,20)(H,18,19). The van der Waals surface area contributed by atoms with Gasteiger partial charge in [0, 0.05) is 49.5 Å². The molecular formula is C32H36Cl2F3N7O7. The summed E-state index contributed by atoms with van der Waals surface area (Å²) in [6.07, 6.45) is -5.11. The van der Waals surface area contributed by atoms with Crippen molar-refractivity contribution in [2.24, 2.45) is 4.99 Å². The van der Waals surface area contributed by atoms with E-state index in [2.05, 4.69) is 25.9 Å². The molecule has 0 unspecified atom stereocenters. The van der Waals surface area contributed by atoms with Gasteiger partial charge in [0.25, 0.3) is 5.91 Å². The second kappa shape index (κ2) is 19.6. The lowest BCUT2D eigenvalue weighted by molar-refractivity contribution is -0.170. The molecule has 2 aromatic carbocycles. The lowest BCUT2D eigenvalue weighted by atomic mass is 10.1. The van der Waals surface area contributed by atoms with Crippen molar-refractivity contribution in [2.45, 2.75) is 33.1 Å². The predicted octanol–water partition coefficient (Wildman–Crippen LogP) is 5.73. The summed E-state index contributed by atoms with van der Waals surface area (Å²) in [7, 11) is 2.89. The third kappa shape index (κ3) is 12.6.